The smallest absolute Gasteiger partial charge is 0.252 e. The standard InChI is InChI=1S/C15H16ClNO3S2/c16-12-3-1-4-14(11-12)20-13-6-8-17(9-7-13)22(18,19)15-5-2-10-21-15/h1-5,10-11,13H,6-9H2. The van der Waals surface area contributed by atoms with Crippen molar-refractivity contribution >= 4 is 33.0 Å². The molecule has 0 radical (unpaired) electrons. The lowest BCUT2D eigenvalue weighted by Gasteiger charge is -2.31. The summed E-state index contributed by atoms with van der Waals surface area (Å²) in [6.45, 7) is 0.955. The Hall–Kier alpha value is -1.08. The van der Waals surface area contributed by atoms with Crippen LogP contribution in [-0.4, -0.2) is 31.9 Å². The van der Waals surface area contributed by atoms with Crippen molar-refractivity contribution < 1.29 is 13.2 Å². The third kappa shape index (κ3) is 3.46. The molecule has 0 aliphatic carbocycles. The Kier molecular flexibility index (Phi) is 4.73. The molecule has 2 aromatic rings. The van der Waals surface area contributed by atoms with E-state index in [0.717, 1.165) is 5.75 Å². The summed E-state index contributed by atoms with van der Waals surface area (Å²) in [6, 6.07) is 10.7. The zero-order valence-electron chi connectivity index (χ0n) is 11.8. The summed E-state index contributed by atoms with van der Waals surface area (Å²) >= 11 is 7.19. The lowest BCUT2D eigenvalue weighted by Crippen LogP contribution is -2.41. The lowest BCUT2D eigenvalue weighted by atomic mass is 10.1. The van der Waals surface area contributed by atoms with Gasteiger partial charge in [-0.25, -0.2) is 8.42 Å². The fourth-order valence-electron chi connectivity index (χ4n) is 2.46. The van der Waals surface area contributed by atoms with Crippen molar-refractivity contribution in [3.8, 4) is 5.75 Å². The highest BCUT2D eigenvalue weighted by molar-refractivity contribution is 7.91. The number of piperidine rings is 1. The molecule has 0 unspecified atom stereocenters. The summed E-state index contributed by atoms with van der Waals surface area (Å²) in [5.41, 5.74) is 0. The van der Waals surface area contributed by atoms with Crippen LogP contribution in [0, 0.1) is 0 Å². The van der Waals surface area contributed by atoms with Crippen molar-refractivity contribution in [2.75, 3.05) is 13.1 Å². The van der Waals surface area contributed by atoms with Gasteiger partial charge in [0.1, 0.15) is 16.1 Å². The van der Waals surface area contributed by atoms with Gasteiger partial charge in [-0.15, -0.1) is 11.3 Å². The van der Waals surface area contributed by atoms with Crippen molar-refractivity contribution in [2.45, 2.75) is 23.2 Å². The molecule has 1 fully saturated rings. The Morgan fingerprint density at radius 1 is 1.18 bits per heavy atom. The Morgan fingerprint density at radius 3 is 2.59 bits per heavy atom. The second-order valence-corrected chi connectivity index (χ2v) is 8.66. The predicted molar refractivity (Wildman–Crippen MR) is 88.2 cm³/mol. The molecule has 1 aliphatic rings. The molecule has 0 amide bonds. The molecule has 0 saturated carbocycles. The van der Waals surface area contributed by atoms with Gasteiger partial charge < -0.3 is 4.74 Å². The van der Waals surface area contributed by atoms with Gasteiger partial charge in [0.05, 0.1) is 0 Å². The van der Waals surface area contributed by atoms with E-state index in [1.54, 1.807) is 29.6 Å². The summed E-state index contributed by atoms with van der Waals surface area (Å²) in [5, 5.41) is 2.41. The summed E-state index contributed by atoms with van der Waals surface area (Å²) in [4.78, 5) is 0. The molecule has 0 spiro atoms. The minimum atomic E-state index is -3.35. The van der Waals surface area contributed by atoms with Crippen molar-refractivity contribution in [3.05, 3.63) is 46.8 Å². The van der Waals surface area contributed by atoms with E-state index in [2.05, 4.69) is 0 Å². The Balaban J connectivity index is 1.61. The molecule has 1 aromatic carbocycles. The maximum absolute atomic E-state index is 12.4. The SMILES string of the molecule is O=S(=O)(c1cccs1)N1CCC(Oc2cccc(Cl)c2)CC1. The average Bonchev–Trinajstić information content (AvgIpc) is 3.03. The minimum Gasteiger partial charge on any atom is -0.490 e. The molecule has 2 heterocycles. The van der Waals surface area contributed by atoms with Gasteiger partial charge in [0.15, 0.2) is 0 Å². The van der Waals surface area contributed by atoms with Crippen LogP contribution in [0.25, 0.3) is 0 Å². The molecular formula is C15H16ClNO3S2. The minimum absolute atomic E-state index is 0.0215. The number of halogens is 1. The number of sulfonamides is 1. The van der Waals surface area contributed by atoms with E-state index < -0.39 is 10.0 Å². The van der Waals surface area contributed by atoms with Crippen LogP contribution in [0.1, 0.15) is 12.8 Å². The fourth-order valence-corrected chi connectivity index (χ4v) is 5.26. The predicted octanol–water partition coefficient (Wildman–Crippen LogP) is 3.63. The molecule has 0 atom stereocenters. The molecule has 1 aliphatic heterocycles. The first-order chi connectivity index (χ1) is 10.6. The number of benzene rings is 1. The molecule has 22 heavy (non-hydrogen) atoms. The fraction of sp³-hybridized carbons (Fsp3) is 0.333. The lowest BCUT2D eigenvalue weighted by molar-refractivity contribution is 0.135. The van der Waals surface area contributed by atoms with Gasteiger partial charge in [-0.3, -0.25) is 0 Å². The van der Waals surface area contributed by atoms with Crippen molar-refractivity contribution in [3.63, 3.8) is 0 Å². The largest absolute Gasteiger partial charge is 0.490 e. The average molecular weight is 358 g/mol. The van der Waals surface area contributed by atoms with E-state index in [-0.39, 0.29) is 6.10 Å². The van der Waals surface area contributed by atoms with Crippen LogP contribution in [0.5, 0.6) is 5.75 Å². The third-order valence-corrected chi connectivity index (χ3v) is 7.10. The molecule has 3 rings (SSSR count). The van der Waals surface area contributed by atoms with Crippen molar-refractivity contribution in [1.82, 2.24) is 4.31 Å². The molecular weight excluding hydrogens is 342 g/mol. The van der Waals surface area contributed by atoms with E-state index in [0.29, 0.717) is 35.2 Å². The van der Waals surface area contributed by atoms with Gasteiger partial charge in [-0.2, -0.15) is 4.31 Å². The molecule has 0 N–H and O–H groups in total. The van der Waals surface area contributed by atoms with E-state index in [1.807, 2.05) is 12.1 Å². The van der Waals surface area contributed by atoms with Crippen LogP contribution in [0.2, 0.25) is 5.02 Å². The third-order valence-electron chi connectivity index (χ3n) is 3.59. The molecule has 7 heteroatoms. The van der Waals surface area contributed by atoms with Crippen LogP contribution in [0.15, 0.2) is 46.0 Å². The van der Waals surface area contributed by atoms with E-state index in [1.165, 1.54) is 15.6 Å². The molecule has 0 bridgehead atoms. The van der Waals surface area contributed by atoms with Crippen LogP contribution < -0.4 is 4.74 Å². The number of rotatable bonds is 4. The number of hydrogen-bond donors (Lipinski definition) is 0. The Bertz CT molecular complexity index is 723. The Morgan fingerprint density at radius 2 is 1.95 bits per heavy atom. The highest BCUT2D eigenvalue weighted by Crippen LogP contribution is 2.26. The highest BCUT2D eigenvalue weighted by atomic mass is 35.5. The van der Waals surface area contributed by atoms with Crippen LogP contribution >= 0.6 is 22.9 Å². The van der Waals surface area contributed by atoms with Crippen LogP contribution in [0.4, 0.5) is 0 Å². The summed E-state index contributed by atoms with van der Waals surface area (Å²) in [5.74, 6) is 0.729. The van der Waals surface area contributed by atoms with Crippen molar-refractivity contribution in [1.29, 1.82) is 0 Å². The van der Waals surface area contributed by atoms with Gasteiger partial charge >= 0.3 is 0 Å². The van der Waals surface area contributed by atoms with E-state index in [4.69, 9.17) is 16.3 Å². The Labute approximate surface area is 139 Å². The van der Waals surface area contributed by atoms with Crippen LogP contribution in [-0.2, 0) is 10.0 Å². The maximum atomic E-state index is 12.4. The summed E-state index contributed by atoms with van der Waals surface area (Å²) < 4.78 is 32.7. The molecule has 4 nitrogen and oxygen atoms in total. The normalized spacial score (nSPS) is 17.5. The summed E-state index contributed by atoms with van der Waals surface area (Å²) in [6.07, 6.45) is 1.38. The number of nitrogens with zero attached hydrogens (tertiary/aromatic N) is 1. The quantitative estimate of drug-likeness (QED) is 0.839. The van der Waals surface area contributed by atoms with Gasteiger partial charge in [-0.05, 0) is 42.5 Å². The second-order valence-electron chi connectivity index (χ2n) is 5.11. The monoisotopic (exact) mass is 357 g/mol. The van der Waals surface area contributed by atoms with E-state index in [9.17, 15) is 8.42 Å². The first-order valence-corrected chi connectivity index (χ1v) is 9.71. The maximum Gasteiger partial charge on any atom is 0.252 e. The number of thiophene rings is 1. The second kappa shape index (κ2) is 6.58. The zero-order chi connectivity index (χ0) is 15.6. The first-order valence-electron chi connectivity index (χ1n) is 7.01. The van der Waals surface area contributed by atoms with Gasteiger partial charge in [0.25, 0.3) is 10.0 Å². The summed E-state index contributed by atoms with van der Waals surface area (Å²) in [7, 11) is -3.35. The first kappa shape index (κ1) is 15.8. The topological polar surface area (TPSA) is 46.6 Å². The van der Waals surface area contributed by atoms with Crippen LogP contribution in [0.3, 0.4) is 0 Å². The molecule has 118 valence electrons. The van der Waals surface area contributed by atoms with Gasteiger partial charge in [0, 0.05) is 18.1 Å². The van der Waals surface area contributed by atoms with Crippen molar-refractivity contribution in [2.24, 2.45) is 0 Å². The number of hydrogen-bond acceptors (Lipinski definition) is 4. The van der Waals surface area contributed by atoms with Gasteiger partial charge in [0.2, 0.25) is 0 Å². The zero-order valence-corrected chi connectivity index (χ0v) is 14.2. The molecule has 1 saturated heterocycles. The van der Waals surface area contributed by atoms with E-state index >= 15 is 0 Å². The number of ether oxygens (including phenoxy) is 1. The van der Waals surface area contributed by atoms with Gasteiger partial charge in [-0.1, -0.05) is 23.7 Å². The molecule has 1 aromatic heterocycles. The highest BCUT2D eigenvalue weighted by Gasteiger charge is 2.30.